The summed E-state index contributed by atoms with van der Waals surface area (Å²) in [6.45, 7) is 3.57. The Labute approximate surface area is 207 Å². The zero-order valence-corrected chi connectivity index (χ0v) is 20.8. The number of hydrogen-bond donors (Lipinski definition) is 2. The average molecular weight is 491 g/mol. The number of piperazine rings is 1. The highest BCUT2D eigenvalue weighted by molar-refractivity contribution is 7.21. The number of rotatable bonds is 5. The number of nitrogens with zero attached hydrogens (tertiary/aromatic N) is 4. The predicted molar refractivity (Wildman–Crippen MR) is 139 cm³/mol. The SMILES string of the molecule is C#C[C@H]1CN(c2ccc(C(=O)Nc3ccc4nn(C)cc4c3OC)c3nc(OC)sc23)C[C@H](C)N1. The van der Waals surface area contributed by atoms with Gasteiger partial charge in [0.1, 0.15) is 5.52 Å². The Hall–Kier alpha value is -3.81. The van der Waals surface area contributed by atoms with E-state index in [1.165, 1.54) is 11.3 Å². The summed E-state index contributed by atoms with van der Waals surface area (Å²) in [6, 6.07) is 7.59. The Morgan fingerprint density at radius 2 is 2.09 bits per heavy atom. The van der Waals surface area contributed by atoms with Gasteiger partial charge in [-0.05, 0) is 31.2 Å². The maximum atomic E-state index is 13.5. The van der Waals surface area contributed by atoms with Crippen molar-refractivity contribution in [3.63, 3.8) is 0 Å². The first-order valence-electron chi connectivity index (χ1n) is 11.2. The van der Waals surface area contributed by atoms with E-state index >= 15 is 0 Å². The molecule has 0 radical (unpaired) electrons. The molecule has 1 fully saturated rings. The highest BCUT2D eigenvalue weighted by Crippen LogP contribution is 2.39. The van der Waals surface area contributed by atoms with Crippen LogP contribution in [0.4, 0.5) is 11.4 Å². The molecule has 1 saturated heterocycles. The van der Waals surface area contributed by atoms with Crippen molar-refractivity contribution >= 4 is 49.7 Å². The molecule has 0 saturated carbocycles. The van der Waals surface area contributed by atoms with Crippen molar-refractivity contribution in [2.75, 3.05) is 37.5 Å². The maximum Gasteiger partial charge on any atom is 0.274 e. The number of terminal acetylenes is 1. The lowest BCUT2D eigenvalue weighted by atomic mass is 10.1. The smallest absolute Gasteiger partial charge is 0.274 e. The zero-order chi connectivity index (χ0) is 24.7. The molecular weight excluding hydrogens is 464 g/mol. The number of amides is 1. The number of ether oxygens (including phenoxy) is 2. The molecular formula is C25H26N6O3S. The van der Waals surface area contributed by atoms with Crippen LogP contribution in [0.3, 0.4) is 0 Å². The predicted octanol–water partition coefficient (Wildman–Crippen LogP) is 3.25. The van der Waals surface area contributed by atoms with E-state index in [9.17, 15) is 4.79 Å². The third-order valence-corrected chi connectivity index (χ3v) is 7.09. The number of anilines is 2. The van der Waals surface area contributed by atoms with Gasteiger partial charge >= 0.3 is 0 Å². The number of benzene rings is 2. The van der Waals surface area contributed by atoms with Crippen LogP contribution in [-0.2, 0) is 7.05 Å². The molecule has 10 heteroatoms. The molecule has 2 atom stereocenters. The summed E-state index contributed by atoms with van der Waals surface area (Å²) < 4.78 is 13.6. The third kappa shape index (κ3) is 4.13. The lowest BCUT2D eigenvalue weighted by Crippen LogP contribution is -2.55. The van der Waals surface area contributed by atoms with E-state index in [0.717, 1.165) is 27.8 Å². The minimum atomic E-state index is -0.286. The molecule has 5 rings (SSSR count). The molecule has 1 aliphatic rings. The van der Waals surface area contributed by atoms with Crippen molar-refractivity contribution < 1.29 is 14.3 Å². The maximum absolute atomic E-state index is 13.5. The van der Waals surface area contributed by atoms with Crippen LogP contribution < -0.4 is 25.0 Å². The summed E-state index contributed by atoms with van der Waals surface area (Å²) >= 11 is 1.41. The number of methoxy groups -OCH3 is 2. The Balaban J connectivity index is 1.53. The van der Waals surface area contributed by atoms with Crippen molar-refractivity contribution in [2.24, 2.45) is 7.05 Å². The van der Waals surface area contributed by atoms with E-state index in [4.69, 9.17) is 15.9 Å². The quantitative estimate of drug-likeness (QED) is 0.415. The van der Waals surface area contributed by atoms with Gasteiger partial charge in [0.05, 0.1) is 52.8 Å². The largest absolute Gasteiger partial charge is 0.494 e. The van der Waals surface area contributed by atoms with Gasteiger partial charge < -0.3 is 19.7 Å². The highest BCUT2D eigenvalue weighted by atomic mass is 32.1. The number of aryl methyl sites for hydroxylation is 1. The zero-order valence-electron chi connectivity index (χ0n) is 20.0. The van der Waals surface area contributed by atoms with E-state index < -0.39 is 0 Å². The number of carbonyl (C=O) groups is 1. The third-order valence-electron chi connectivity index (χ3n) is 6.05. The van der Waals surface area contributed by atoms with E-state index in [1.54, 1.807) is 31.0 Å². The highest BCUT2D eigenvalue weighted by Gasteiger charge is 2.27. The first-order valence-corrected chi connectivity index (χ1v) is 12.0. The summed E-state index contributed by atoms with van der Waals surface area (Å²) in [6.07, 6.45) is 7.56. The number of aromatic nitrogens is 3. The van der Waals surface area contributed by atoms with Gasteiger partial charge in [-0.2, -0.15) is 5.10 Å². The minimum Gasteiger partial charge on any atom is -0.494 e. The average Bonchev–Trinajstić information content (AvgIpc) is 3.45. The van der Waals surface area contributed by atoms with Crippen molar-refractivity contribution in [1.29, 1.82) is 0 Å². The summed E-state index contributed by atoms with van der Waals surface area (Å²) in [5.41, 5.74) is 3.37. The number of thiazole rings is 1. The van der Waals surface area contributed by atoms with Crippen molar-refractivity contribution in [2.45, 2.75) is 19.0 Å². The van der Waals surface area contributed by atoms with Crippen LogP contribution in [0.5, 0.6) is 10.9 Å². The lowest BCUT2D eigenvalue weighted by molar-refractivity contribution is 0.102. The van der Waals surface area contributed by atoms with E-state index in [2.05, 4.69) is 38.5 Å². The van der Waals surface area contributed by atoms with Crippen LogP contribution >= 0.6 is 11.3 Å². The normalized spacial score (nSPS) is 18.0. The molecule has 9 nitrogen and oxygen atoms in total. The summed E-state index contributed by atoms with van der Waals surface area (Å²) in [5, 5.41) is 12.1. The van der Waals surface area contributed by atoms with Crippen LogP contribution in [0, 0.1) is 12.3 Å². The fourth-order valence-electron chi connectivity index (χ4n) is 4.56. The van der Waals surface area contributed by atoms with Gasteiger partial charge in [-0.1, -0.05) is 17.3 Å². The van der Waals surface area contributed by atoms with Crippen molar-refractivity contribution in [3.8, 4) is 23.3 Å². The first-order chi connectivity index (χ1) is 16.9. The molecule has 4 aromatic rings. The van der Waals surface area contributed by atoms with Crippen LogP contribution in [0.2, 0.25) is 0 Å². The molecule has 1 amide bonds. The molecule has 180 valence electrons. The standard InChI is InChI=1S/C25H26N6O3S/c1-6-15-12-31(11-14(2)26-15)20-10-7-16(21-23(20)35-25(28-21)34-5)24(32)27-19-9-8-18-17(22(19)33-4)13-30(3)29-18/h1,7-10,13-15,26H,11-12H2,2-5H3,(H,27,32)/t14-,15-/m0/s1. The van der Waals surface area contributed by atoms with Gasteiger partial charge in [0.15, 0.2) is 5.75 Å². The van der Waals surface area contributed by atoms with Crippen molar-refractivity contribution in [3.05, 3.63) is 36.0 Å². The van der Waals surface area contributed by atoms with Gasteiger partial charge in [-0.3, -0.25) is 14.8 Å². The Bertz CT molecular complexity index is 1470. The van der Waals surface area contributed by atoms with Gasteiger partial charge in [0.25, 0.3) is 11.1 Å². The van der Waals surface area contributed by atoms with Gasteiger partial charge in [0, 0.05) is 32.4 Å². The van der Waals surface area contributed by atoms with Gasteiger partial charge in [-0.25, -0.2) is 4.98 Å². The van der Waals surface area contributed by atoms with Crippen LogP contribution in [0.1, 0.15) is 17.3 Å². The Morgan fingerprint density at radius 3 is 2.83 bits per heavy atom. The lowest BCUT2D eigenvalue weighted by Gasteiger charge is -2.37. The minimum absolute atomic E-state index is 0.0542. The Morgan fingerprint density at radius 1 is 1.26 bits per heavy atom. The monoisotopic (exact) mass is 490 g/mol. The van der Waals surface area contributed by atoms with Gasteiger partial charge in [-0.15, -0.1) is 6.42 Å². The Kier molecular flexibility index (Phi) is 5.96. The number of nitrogens with one attached hydrogen (secondary N) is 2. The van der Waals surface area contributed by atoms with E-state index in [0.29, 0.717) is 34.3 Å². The summed E-state index contributed by atoms with van der Waals surface area (Å²) in [7, 11) is 5.00. The van der Waals surface area contributed by atoms with Crippen LogP contribution in [0.15, 0.2) is 30.5 Å². The fourth-order valence-corrected chi connectivity index (χ4v) is 5.51. The molecule has 2 aromatic carbocycles. The first kappa shape index (κ1) is 23.0. The molecule has 35 heavy (non-hydrogen) atoms. The second kappa shape index (κ2) is 9.09. The second-order valence-electron chi connectivity index (χ2n) is 8.52. The van der Waals surface area contributed by atoms with Gasteiger partial charge in [0.2, 0.25) is 0 Å². The molecule has 3 heterocycles. The van der Waals surface area contributed by atoms with Crippen LogP contribution in [0.25, 0.3) is 21.1 Å². The molecule has 0 aliphatic carbocycles. The number of carbonyl (C=O) groups excluding carboxylic acids is 1. The number of fused-ring (bicyclic) bond motifs is 2. The summed E-state index contributed by atoms with van der Waals surface area (Å²) in [4.78, 5) is 20.3. The molecule has 0 bridgehead atoms. The molecule has 0 unspecified atom stereocenters. The van der Waals surface area contributed by atoms with E-state index in [-0.39, 0.29) is 18.0 Å². The van der Waals surface area contributed by atoms with E-state index in [1.807, 2.05) is 25.4 Å². The number of hydrogen-bond acceptors (Lipinski definition) is 8. The van der Waals surface area contributed by atoms with Crippen LogP contribution in [-0.4, -0.2) is 60.1 Å². The molecule has 0 spiro atoms. The molecule has 1 aliphatic heterocycles. The van der Waals surface area contributed by atoms with Crippen molar-refractivity contribution in [1.82, 2.24) is 20.1 Å². The second-order valence-corrected chi connectivity index (χ2v) is 9.48. The topological polar surface area (TPSA) is 93.5 Å². The molecule has 2 aromatic heterocycles. The fraction of sp³-hybridized carbons (Fsp3) is 0.320. The molecule has 2 N–H and O–H groups in total. The summed E-state index contributed by atoms with van der Waals surface area (Å²) in [5.74, 6) is 3.08.